The van der Waals surface area contributed by atoms with E-state index in [4.69, 9.17) is 4.74 Å². The summed E-state index contributed by atoms with van der Waals surface area (Å²) in [5.41, 5.74) is 0.745. The van der Waals surface area contributed by atoms with Crippen molar-refractivity contribution in [2.75, 3.05) is 14.2 Å². The van der Waals surface area contributed by atoms with E-state index in [1.807, 2.05) is 0 Å². The summed E-state index contributed by atoms with van der Waals surface area (Å²) in [6.45, 7) is 0. The quantitative estimate of drug-likeness (QED) is 0.609. The number of methoxy groups -OCH3 is 2. The first-order valence-corrected chi connectivity index (χ1v) is 4.30. The van der Waals surface area contributed by atoms with Crippen molar-refractivity contribution in [3.05, 3.63) is 29.8 Å². The Morgan fingerprint density at radius 1 is 1.38 bits per heavy atom. The number of esters is 1. The summed E-state index contributed by atoms with van der Waals surface area (Å²) in [5.74, 6) is -0.00299. The van der Waals surface area contributed by atoms with Gasteiger partial charge in [-0.15, -0.1) is 0 Å². The summed E-state index contributed by atoms with van der Waals surface area (Å²) in [5, 5.41) is 9.32. The topological polar surface area (TPSA) is 87.3 Å². The molecule has 0 saturated heterocycles. The molecule has 0 radical (unpaired) electrons. The molecule has 0 saturated carbocycles. The van der Waals surface area contributed by atoms with E-state index in [2.05, 4.69) is 4.74 Å². The fourth-order valence-electron chi connectivity index (χ4n) is 1.03. The molecule has 0 aliphatic heterocycles. The molecule has 0 aliphatic carbocycles. The van der Waals surface area contributed by atoms with Crippen molar-refractivity contribution in [1.29, 1.82) is 0 Å². The maximum absolute atomic E-state index is 10.8. The van der Waals surface area contributed by atoms with Gasteiger partial charge in [-0.05, 0) is 23.8 Å². The van der Waals surface area contributed by atoms with Crippen molar-refractivity contribution in [2.45, 2.75) is 0 Å². The van der Waals surface area contributed by atoms with E-state index in [-0.39, 0.29) is 11.2 Å². The fourth-order valence-corrected chi connectivity index (χ4v) is 1.03. The van der Waals surface area contributed by atoms with Gasteiger partial charge in [0.25, 0.3) is 0 Å². The molecule has 0 amide bonds. The van der Waals surface area contributed by atoms with Gasteiger partial charge in [-0.25, -0.2) is 4.79 Å². The minimum atomic E-state index is -0.429. The summed E-state index contributed by atoms with van der Waals surface area (Å²) in [6, 6.07) is 4.78. The van der Waals surface area contributed by atoms with E-state index in [0.29, 0.717) is 5.75 Å². The van der Waals surface area contributed by atoms with Crippen molar-refractivity contribution in [1.82, 2.24) is 0 Å². The van der Waals surface area contributed by atoms with Crippen LogP contribution in [0.2, 0.25) is 0 Å². The minimum Gasteiger partial charge on any atom is -0.504 e. The van der Waals surface area contributed by atoms with Crippen molar-refractivity contribution in [3.8, 4) is 11.5 Å². The number of aromatic hydroxyl groups is 1. The normalized spacial score (nSPS) is 9.62. The largest absolute Gasteiger partial charge is 0.504 e. The lowest BCUT2D eigenvalue weighted by Gasteiger charge is -2.03. The van der Waals surface area contributed by atoms with Crippen molar-refractivity contribution < 1.29 is 24.9 Å². The maximum atomic E-state index is 10.8. The number of phenols is 1. The van der Waals surface area contributed by atoms with Crippen LogP contribution in [-0.4, -0.2) is 30.8 Å². The number of carbonyl (C=O) groups is 1. The molecule has 1 aromatic carbocycles. The molecule has 3 N–H and O–H groups in total. The Kier molecular flexibility index (Phi) is 5.66. The van der Waals surface area contributed by atoms with Crippen LogP contribution in [0.3, 0.4) is 0 Å². The van der Waals surface area contributed by atoms with Gasteiger partial charge in [0.2, 0.25) is 0 Å². The van der Waals surface area contributed by atoms with E-state index in [0.717, 1.165) is 5.56 Å². The summed E-state index contributed by atoms with van der Waals surface area (Å²) in [4.78, 5) is 10.8. The van der Waals surface area contributed by atoms with Gasteiger partial charge in [0.05, 0.1) is 14.2 Å². The van der Waals surface area contributed by atoms with Gasteiger partial charge >= 0.3 is 5.97 Å². The lowest BCUT2D eigenvalue weighted by molar-refractivity contribution is -0.134. The molecule has 0 fully saturated rings. The molecule has 0 heterocycles. The molecule has 0 unspecified atom stereocenters. The maximum Gasteiger partial charge on any atom is 0.330 e. The highest BCUT2D eigenvalue weighted by atomic mass is 16.5. The van der Waals surface area contributed by atoms with Crippen LogP contribution in [0.25, 0.3) is 6.08 Å². The second kappa shape index (κ2) is 6.47. The monoisotopic (exact) mass is 226 g/mol. The molecule has 1 aromatic rings. The molecule has 5 nitrogen and oxygen atoms in total. The summed E-state index contributed by atoms with van der Waals surface area (Å²) in [6.07, 6.45) is 2.87. The zero-order chi connectivity index (χ0) is 11.3. The first-order valence-electron chi connectivity index (χ1n) is 4.30. The van der Waals surface area contributed by atoms with Crippen molar-refractivity contribution in [3.63, 3.8) is 0 Å². The molecule has 88 valence electrons. The van der Waals surface area contributed by atoms with E-state index < -0.39 is 5.97 Å². The first kappa shape index (κ1) is 14.0. The Bertz CT molecular complexity index is 384. The lowest BCUT2D eigenvalue weighted by Crippen LogP contribution is -1.93. The Balaban J connectivity index is 0.00000225. The molecule has 0 bridgehead atoms. The van der Waals surface area contributed by atoms with E-state index in [9.17, 15) is 9.90 Å². The van der Waals surface area contributed by atoms with Gasteiger partial charge < -0.3 is 20.1 Å². The predicted octanol–water partition coefficient (Wildman–Crippen LogP) is 0.762. The van der Waals surface area contributed by atoms with E-state index in [1.54, 1.807) is 18.2 Å². The van der Waals surface area contributed by atoms with Crippen LogP contribution in [0, 0.1) is 0 Å². The molecular formula is C11H14O5. The fraction of sp³-hybridized carbons (Fsp3) is 0.182. The summed E-state index contributed by atoms with van der Waals surface area (Å²) < 4.78 is 9.36. The van der Waals surface area contributed by atoms with Crippen LogP contribution in [-0.2, 0) is 9.53 Å². The number of phenolic OH excluding ortho intramolecular Hbond substituents is 1. The van der Waals surface area contributed by atoms with Crippen LogP contribution < -0.4 is 4.74 Å². The number of hydrogen-bond acceptors (Lipinski definition) is 4. The molecule has 0 aromatic heterocycles. The molecule has 16 heavy (non-hydrogen) atoms. The van der Waals surface area contributed by atoms with Gasteiger partial charge in [0.15, 0.2) is 11.5 Å². The smallest absolute Gasteiger partial charge is 0.330 e. The molecular weight excluding hydrogens is 212 g/mol. The average molecular weight is 226 g/mol. The van der Waals surface area contributed by atoms with Crippen LogP contribution in [0.4, 0.5) is 0 Å². The zero-order valence-electron chi connectivity index (χ0n) is 9.06. The van der Waals surface area contributed by atoms with E-state index in [1.165, 1.54) is 26.4 Å². The number of hydrogen-bond donors (Lipinski definition) is 1. The van der Waals surface area contributed by atoms with Crippen LogP contribution >= 0.6 is 0 Å². The third-order valence-electron chi connectivity index (χ3n) is 1.82. The lowest BCUT2D eigenvalue weighted by atomic mass is 10.2. The van der Waals surface area contributed by atoms with Gasteiger partial charge in [0.1, 0.15) is 0 Å². The minimum absolute atomic E-state index is 0. The number of ether oxygens (including phenoxy) is 2. The van der Waals surface area contributed by atoms with Gasteiger partial charge in [0, 0.05) is 6.08 Å². The number of benzene rings is 1. The van der Waals surface area contributed by atoms with Crippen molar-refractivity contribution >= 4 is 12.0 Å². The van der Waals surface area contributed by atoms with Gasteiger partial charge in [-0.2, -0.15) is 0 Å². The summed E-state index contributed by atoms with van der Waals surface area (Å²) >= 11 is 0. The second-order valence-corrected chi connectivity index (χ2v) is 2.79. The highest BCUT2D eigenvalue weighted by molar-refractivity contribution is 5.87. The Morgan fingerprint density at radius 3 is 2.62 bits per heavy atom. The predicted molar refractivity (Wildman–Crippen MR) is 59.3 cm³/mol. The van der Waals surface area contributed by atoms with Crippen LogP contribution in [0.5, 0.6) is 11.5 Å². The van der Waals surface area contributed by atoms with Crippen LogP contribution in [0.1, 0.15) is 5.56 Å². The van der Waals surface area contributed by atoms with Gasteiger partial charge in [-0.3, -0.25) is 0 Å². The highest BCUT2D eigenvalue weighted by Crippen LogP contribution is 2.26. The zero-order valence-corrected chi connectivity index (χ0v) is 9.06. The second-order valence-electron chi connectivity index (χ2n) is 2.79. The van der Waals surface area contributed by atoms with E-state index >= 15 is 0 Å². The molecule has 5 heteroatoms. The molecule has 0 spiro atoms. The molecule has 0 aliphatic rings. The molecule has 1 rings (SSSR count). The third kappa shape index (κ3) is 3.62. The standard InChI is InChI=1S/C11H12O4.H2O/c1-14-10-7-8(3-5-9(10)12)4-6-11(13)15-2;/h3-7,12H,1-2H3;1H2/b6-4+;. The Hall–Kier alpha value is -2.01. The highest BCUT2D eigenvalue weighted by Gasteiger charge is 2.00. The average Bonchev–Trinajstić information content (AvgIpc) is 2.27. The first-order chi connectivity index (χ1) is 7.17. The van der Waals surface area contributed by atoms with Crippen LogP contribution in [0.15, 0.2) is 24.3 Å². The Morgan fingerprint density at radius 2 is 2.06 bits per heavy atom. The molecule has 0 atom stereocenters. The van der Waals surface area contributed by atoms with Crippen molar-refractivity contribution in [2.24, 2.45) is 0 Å². The Labute approximate surface area is 93.2 Å². The number of rotatable bonds is 3. The third-order valence-corrected chi connectivity index (χ3v) is 1.82. The number of carbonyl (C=O) groups excluding carboxylic acids is 1. The SMILES string of the molecule is COC(=O)/C=C/c1ccc(O)c(OC)c1.O. The summed E-state index contributed by atoms with van der Waals surface area (Å²) in [7, 11) is 2.77. The van der Waals surface area contributed by atoms with Gasteiger partial charge in [-0.1, -0.05) is 6.07 Å².